The highest BCUT2D eigenvalue weighted by atomic mass is 19.1. The zero-order chi connectivity index (χ0) is 17.5. The lowest BCUT2D eigenvalue weighted by atomic mass is 10.1. The van der Waals surface area contributed by atoms with Gasteiger partial charge in [-0.3, -0.25) is 10.1 Å². The van der Waals surface area contributed by atoms with Crippen LogP contribution in [-0.2, 0) is 0 Å². The third kappa shape index (κ3) is 5.29. The van der Waals surface area contributed by atoms with Crippen LogP contribution < -0.4 is 10.1 Å². The summed E-state index contributed by atoms with van der Waals surface area (Å²) in [5, 5.41) is 23.8. The highest BCUT2D eigenvalue weighted by Crippen LogP contribution is 2.19. The number of ether oxygens (including phenoxy) is 1. The molecule has 128 valence electrons. The second-order valence-corrected chi connectivity index (χ2v) is 5.40. The normalized spacial score (nSPS) is 13.3. The Morgan fingerprint density at radius 1 is 1.29 bits per heavy atom. The molecule has 0 aliphatic carbocycles. The summed E-state index contributed by atoms with van der Waals surface area (Å²) in [5.41, 5.74) is 0.841. The Hall–Kier alpha value is -2.51. The number of nitrogens with zero attached hydrogens (tertiary/aromatic N) is 1. The summed E-state index contributed by atoms with van der Waals surface area (Å²) in [5.74, 6) is 0.0335. The number of halogens is 1. The van der Waals surface area contributed by atoms with E-state index in [1.165, 1.54) is 30.3 Å². The summed E-state index contributed by atoms with van der Waals surface area (Å²) >= 11 is 0. The van der Waals surface area contributed by atoms with Gasteiger partial charge < -0.3 is 15.2 Å². The van der Waals surface area contributed by atoms with E-state index in [1.807, 2.05) is 6.92 Å². The summed E-state index contributed by atoms with van der Waals surface area (Å²) in [7, 11) is 0. The SMILES string of the molecule is CC(NCC(O)COc1cccc([N+](=O)[O-])c1)c1ccc(F)cc1. The van der Waals surface area contributed by atoms with Crippen molar-refractivity contribution in [3.8, 4) is 5.75 Å². The lowest BCUT2D eigenvalue weighted by Gasteiger charge is -2.18. The van der Waals surface area contributed by atoms with Gasteiger partial charge in [0.2, 0.25) is 0 Å². The molecule has 2 atom stereocenters. The molecule has 2 unspecified atom stereocenters. The number of benzene rings is 2. The molecule has 0 heterocycles. The molecule has 2 aromatic carbocycles. The number of nitro benzene ring substituents is 1. The monoisotopic (exact) mass is 334 g/mol. The number of hydrogen-bond donors (Lipinski definition) is 2. The van der Waals surface area contributed by atoms with Crippen LogP contribution in [0.2, 0.25) is 0 Å². The number of aliphatic hydroxyl groups excluding tert-OH is 1. The molecule has 0 spiro atoms. The van der Waals surface area contributed by atoms with Crippen molar-refractivity contribution in [1.29, 1.82) is 0 Å². The van der Waals surface area contributed by atoms with Gasteiger partial charge in [0.1, 0.15) is 24.3 Å². The molecule has 0 aromatic heterocycles. The van der Waals surface area contributed by atoms with E-state index >= 15 is 0 Å². The minimum absolute atomic E-state index is 0.00427. The number of hydrogen-bond acceptors (Lipinski definition) is 5. The summed E-state index contributed by atoms with van der Waals surface area (Å²) in [6.07, 6.45) is -0.785. The van der Waals surface area contributed by atoms with Gasteiger partial charge in [0, 0.05) is 18.7 Å². The molecular formula is C17H19FN2O4. The maximum atomic E-state index is 12.9. The van der Waals surface area contributed by atoms with Crippen LogP contribution in [0.3, 0.4) is 0 Å². The van der Waals surface area contributed by atoms with Crippen LogP contribution in [0.15, 0.2) is 48.5 Å². The number of rotatable bonds is 8. The van der Waals surface area contributed by atoms with E-state index in [0.717, 1.165) is 5.56 Å². The van der Waals surface area contributed by atoms with Gasteiger partial charge in [-0.1, -0.05) is 18.2 Å². The van der Waals surface area contributed by atoms with Crippen LogP contribution in [0, 0.1) is 15.9 Å². The van der Waals surface area contributed by atoms with E-state index in [1.54, 1.807) is 18.2 Å². The van der Waals surface area contributed by atoms with E-state index in [9.17, 15) is 19.6 Å². The number of nitrogens with one attached hydrogen (secondary N) is 1. The Morgan fingerprint density at radius 2 is 2.00 bits per heavy atom. The van der Waals surface area contributed by atoms with Crippen LogP contribution in [0.4, 0.5) is 10.1 Å². The van der Waals surface area contributed by atoms with Crippen molar-refractivity contribution in [1.82, 2.24) is 5.32 Å². The summed E-state index contributed by atoms with van der Waals surface area (Å²) in [6, 6.07) is 11.9. The number of aliphatic hydroxyl groups is 1. The summed E-state index contributed by atoms with van der Waals surface area (Å²) < 4.78 is 18.3. The van der Waals surface area contributed by atoms with Crippen molar-refractivity contribution in [2.24, 2.45) is 0 Å². The van der Waals surface area contributed by atoms with E-state index in [2.05, 4.69) is 5.32 Å². The van der Waals surface area contributed by atoms with Gasteiger partial charge in [0.25, 0.3) is 5.69 Å². The van der Waals surface area contributed by atoms with Crippen LogP contribution >= 0.6 is 0 Å². The Kier molecular flexibility index (Phi) is 6.22. The fourth-order valence-electron chi connectivity index (χ4n) is 2.12. The first kappa shape index (κ1) is 17.8. The molecule has 0 saturated heterocycles. The van der Waals surface area contributed by atoms with E-state index < -0.39 is 11.0 Å². The lowest BCUT2D eigenvalue weighted by molar-refractivity contribution is -0.384. The van der Waals surface area contributed by atoms with Crippen LogP contribution in [-0.4, -0.2) is 29.3 Å². The molecular weight excluding hydrogens is 315 g/mol. The van der Waals surface area contributed by atoms with Gasteiger partial charge in [-0.15, -0.1) is 0 Å². The number of nitro groups is 1. The second kappa shape index (κ2) is 8.37. The lowest BCUT2D eigenvalue weighted by Crippen LogP contribution is -2.33. The molecule has 2 rings (SSSR count). The molecule has 0 bridgehead atoms. The van der Waals surface area contributed by atoms with Crippen LogP contribution in [0.5, 0.6) is 5.75 Å². The van der Waals surface area contributed by atoms with E-state index in [0.29, 0.717) is 5.75 Å². The van der Waals surface area contributed by atoms with E-state index in [4.69, 9.17) is 4.74 Å². The fraction of sp³-hybridized carbons (Fsp3) is 0.294. The smallest absolute Gasteiger partial charge is 0.273 e. The topological polar surface area (TPSA) is 84.6 Å². The molecule has 0 fully saturated rings. The molecule has 2 N–H and O–H groups in total. The van der Waals surface area contributed by atoms with Gasteiger partial charge in [-0.25, -0.2) is 4.39 Å². The molecule has 0 aliphatic rings. The Balaban J connectivity index is 1.79. The van der Waals surface area contributed by atoms with Crippen molar-refractivity contribution >= 4 is 5.69 Å². The number of non-ortho nitro benzene ring substituents is 1. The largest absolute Gasteiger partial charge is 0.491 e. The molecule has 0 radical (unpaired) electrons. The highest BCUT2D eigenvalue weighted by molar-refractivity contribution is 5.37. The Labute approximate surface area is 139 Å². The van der Waals surface area contributed by atoms with Crippen molar-refractivity contribution in [2.45, 2.75) is 19.1 Å². The average Bonchev–Trinajstić information content (AvgIpc) is 2.58. The summed E-state index contributed by atoms with van der Waals surface area (Å²) in [6.45, 7) is 2.18. The quantitative estimate of drug-likeness (QED) is 0.573. The third-order valence-corrected chi connectivity index (χ3v) is 3.50. The van der Waals surface area contributed by atoms with Crippen LogP contribution in [0.1, 0.15) is 18.5 Å². The Morgan fingerprint density at radius 3 is 2.67 bits per heavy atom. The minimum Gasteiger partial charge on any atom is -0.491 e. The van der Waals surface area contributed by atoms with Crippen molar-refractivity contribution < 1.29 is 19.2 Å². The summed E-state index contributed by atoms with van der Waals surface area (Å²) in [4.78, 5) is 10.2. The Bertz CT molecular complexity index is 679. The zero-order valence-corrected chi connectivity index (χ0v) is 13.2. The van der Waals surface area contributed by atoms with Gasteiger partial charge in [-0.05, 0) is 30.7 Å². The maximum Gasteiger partial charge on any atom is 0.273 e. The van der Waals surface area contributed by atoms with Crippen LogP contribution in [0.25, 0.3) is 0 Å². The zero-order valence-electron chi connectivity index (χ0n) is 13.2. The molecule has 2 aromatic rings. The first-order valence-corrected chi connectivity index (χ1v) is 7.50. The highest BCUT2D eigenvalue weighted by Gasteiger charge is 2.11. The van der Waals surface area contributed by atoms with Crippen molar-refractivity contribution in [3.05, 3.63) is 70.0 Å². The standard InChI is InChI=1S/C17H19FN2O4/c1-12(13-5-7-14(18)8-6-13)19-10-16(21)11-24-17-4-2-3-15(9-17)20(22)23/h2-9,12,16,19,21H,10-11H2,1H3. The first-order chi connectivity index (χ1) is 11.5. The maximum absolute atomic E-state index is 12.9. The molecule has 7 heteroatoms. The van der Waals surface area contributed by atoms with Gasteiger partial charge in [0.05, 0.1) is 11.0 Å². The molecule has 0 aliphatic heterocycles. The van der Waals surface area contributed by atoms with E-state index in [-0.39, 0.29) is 30.7 Å². The molecule has 0 amide bonds. The fourth-order valence-corrected chi connectivity index (χ4v) is 2.12. The van der Waals surface area contributed by atoms with Gasteiger partial charge in [-0.2, -0.15) is 0 Å². The molecule has 24 heavy (non-hydrogen) atoms. The molecule has 0 saturated carbocycles. The van der Waals surface area contributed by atoms with Gasteiger partial charge in [0.15, 0.2) is 0 Å². The predicted molar refractivity (Wildman–Crippen MR) is 87.4 cm³/mol. The predicted octanol–water partition coefficient (Wildman–Crippen LogP) is 2.82. The van der Waals surface area contributed by atoms with Gasteiger partial charge >= 0.3 is 0 Å². The van der Waals surface area contributed by atoms with Crippen molar-refractivity contribution in [2.75, 3.05) is 13.2 Å². The first-order valence-electron chi connectivity index (χ1n) is 7.50. The minimum atomic E-state index is -0.785. The second-order valence-electron chi connectivity index (χ2n) is 5.40. The average molecular weight is 334 g/mol. The third-order valence-electron chi connectivity index (χ3n) is 3.50. The van der Waals surface area contributed by atoms with Crippen molar-refractivity contribution in [3.63, 3.8) is 0 Å². The molecule has 6 nitrogen and oxygen atoms in total.